The normalized spacial score (nSPS) is 10.6. The lowest BCUT2D eigenvalue weighted by molar-refractivity contribution is 0.627. The van der Waals surface area contributed by atoms with E-state index >= 15 is 0 Å². The molecule has 8 heteroatoms. The first-order valence-electron chi connectivity index (χ1n) is 4.82. The predicted octanol–water partition coefficient (Wildman–Crippen LogP) is 1.54. The standard InChI is InChI=1S/C10H7ClFN3O2S/c11-7-3-6(12)2-1-5(7)4-18-9-8(16)13-10(17)15-14-9/h1-3H,4H2,(H2,13,15,16,17). The van der Waals surface area contributed by atoms with E-state index in [-0.39, 0.29) is 10.0 Å². The van der Waals surface area contributed by atoms with Gasteiger partial charge in [-0.2, -0.15) is 5.10 Å². The molecule has 0 fully saturated rings. The van der Waals surface area contributed by atoms with Crippen molar-refractivity contribution in [3.05, 3.63) is 55.4 Å². The van der Waals surface area contributed by atoms with Gasteiger partial charge in [0.25, 0.3) is 5.56 Å². The van der Waals surface area contributed by atoms with Gasteiger partial charge in [0.2, 0.25) is 0 Å². The van der Waals surface area contributed by atoms with Gasteiger partial charge < -0.3 is 0 Å². The fourth-order valence-corrected chi connectivity index (χ4v) is 2.37. The van der Waals surface area contributed by atoms with Gasteiger partial charge >= 0.3 is 5.69 Å². The molecule has 2 N–H and O–H groups in total. The summed E-state index contributed by atoms with van der Waals surface area (Å²) in [6, 6.07) is 4.01. The van der Waals surface area contributed by atoms with Crippen LogP contribution in [0.15, 0.2) is 32.8 Å². The number of nitrogens with one attached hydrogen (secondary N) is 2. The summed E-state index contributed by atoms with van der Waals surface area (Å²) in [6.45, 7) is 0. The molecule has 0 saturated heterocycles. The highest BCUT2D eigenvalue weighted by Crippen LogP contribution is 2.24. The number of halogens is 2. The number of hydrogen-bond acceptors (Lipinski definition) is 4. The Labute approximate surface area is 109 Å². The summed E-state index contributed by atoms with van der Waals surface area (Å²) in [7, 11) is 0. The van der Waals surface area contributed by atoms with Crippen LogP contribution in [0.4, 0.5) is 4.39 Å². The lowest BCUT2D eigenvalue weighted by Crippen LogP contribution is -2.24. The molecule has 0 saturated carbocycles. The number of nitrogens with zero attached hydrogens (tertiary/aromatic N) is 1. The van der Waals surface area contributed by atoms with Gasteiger partial charge in [-0.3, -0.25) is 9.78 Å². The minimum absolute atomic E-state index is 0.120. The van der Waals surface area contributed by atoms with E-state index < -0.39 is 17.1 Å². The van der Waals surface area contributed by atoms with Gasteiger partial charge in [-0.1, -0.05) is 29.4 Å². The average molecular weight is 288 g/mol. The minimum Gasteiger partial charge on any atom is -0.271 e. The number of rotatable bonds is 3. The van der Waals surface area contributed by atoms with E-state index in [1.807, 2.05) is 0 Å². The summed E-state index contributed by atoms with van der Waals surface area (Å²) in [5.41, 5.74) is -0.554. The van der Waals surface area contributed by atoms with Gasteiger partial charge in [-0.05, 0) is 17.7 Å². The Morgan fingerprint density at radius 3 is 2.83 bits per heavy atom. The molecule has 18 heavy (non-hydrogen) atoms. The van der Waals surface area contributed by atoms with Gasteiger partial charge in [0.1, 0.15) is 5.82 Å². The number of thioether (sulfide) groups is 1. The number of H-pyrrole nitrogens is 2. The number of aromatic nitrogens is 3. The SMILES string of the molecule is O=c1[nH]nc(SCc2ccc(F)cc2Cl)c(=O)[nH]1. The van der Waals surface area contributed by atoms with Gasteiger partial charge in [0, 0.05) is 10.8 Å². The monoisotopic (exact) mass is 287 g/mol. The van der Waals surface area contributed by atoms with Crippen molar-refractivity contribution in [2.45, 2.75) is 10.8 Å². The summed E-state index contributed by atoms with van der Waals surface area (Å²) in [5.74, 6) is -0.0740. The average Bonchev–Trinajstić information content (AvgIpc) is 2.30. The summed E-state index contributed by atoms with van der Waals surface area (Å²) >= 11 is 6.94. The van der Waals surface area contributed by atoms with Crippen LogP contribution in [0.3, 0.4) is 0 Å². The Balaban J connectivity index is 2.16. The second-order valence-electron chi connectivity index (χ2n) is 3.34. The zero-order chi connectivity index (χ0) is 13.1. The Hall–Kier alpha value is -1.60. The first-order valence-corrected chi connectivity index (χ1v) is 6.18. The van der Waals surface area contributed by atoms with Crippen molar-refractivity contribution >= 4 is 23.4 Å². The van der Waals surface area contributed by atoms with Crippen molar-refractivity contribution in [1.29, 1.82) is 0 Å². The first kappa shape index (κ1) is 12.8. The molecule has 0 unspecified atom stereocenters. The maximum absolute atomic E-state index is 12.8. The molecule has 0 spiro atoms. The van der Waals surface area contributed by atoms with Gasteiger partial charge in [-0.15, -0.1) is 0 Å². The molecular weight excluding hydrogens is 281 g/mol. The van der Waals surface area contributed by atoms with Crippen LogP contribution in [0.2, 0.25) is 5.02 Å². The van der Waals surface area contributed by atoms with Gasteiger partial charge in [0.15, 0.2) is 5.03 Å². The van der Waals surface area contributed by atoms with E-state index in [4.69, 9.17) is 11.6 Å². The topological polar surface area (TPSA) is 78.6 Å². The van der Waals surface area contributed by atoms with E-state index in [0.29, 0.717) is 11.3 Å². The van der Waals surface area contributed by atoms with Crippen molar-refractivity contribution in [2.24, 2.45) is 0 Å². The van der Waals surface area contributed by atoms with Gasteiger partial charge in [-0.25, -0.2) is 14.3 Å². The molecular formula is C10H7ClFN3O2S. The molecule has 2 rings (SSSR count). The second-order valence-corrected chi connectivity index (χ2v) is 4.71. The fraction of sp³-hybridized carbons (Fsp3) is 0.100. The molecule has 0 amide bonds. The molecule has 94 valence electrons. The number of benzene rings is 1. The van der Waals surface area contributed by atoms with Crippen LogP contribution in [-0.2, 0) is 5.75 Å². The van der Waals surface area contributed by atoms with Crippen LogP contribution in [0.5, 0.6) is 0 Å². The molecule has 1 aromatic carbocycles. The predicted molar refractivity (Wildman–Crippen MR) is 66.4 cm³/mol. The minimum atomic E-state index is -0.663. The molecule has 0 bridgehead atoms. The van der Waals surface area contributed by atoms with Crippen molar-refractivity contribution < 1.29 is 4.39 Å². The Bertz CT molecular complexity index is 685. The molecule has 0 aliphatic carbocycles. The van der Waals surface area contributed by atoms with Crippen LogP contribution in [0.25, 0.3) is 0 Å². The molecule has 1 aromatic heterocycles. The maximum atomic E-state index is 12.8. The molecule has 0 aliphatic heterocycles. The highest BCUT2D eigenvalue weighted by molar-refractivity contribution is 7.98. The zero-order valence-electron chi connectivity index (χ0n) is 8.87. The summed E-state index contributed by atoms with van der Waals surface area (Å²) in [6.07, 6.45) is 0. The third-order valence-electron chi connectivity index (χ3n) is 2.06. The Morgan fingerprint density at radius 2 is 2.17 bits per heavy atom. The number of hydrogen-bond donors (Lipinski definition) is 2. The maximum Gasteiger partial charge on any atom is 0.342 e. The highest BCUT2D eigenvalue weighted by Gasteiger charge is 2.07. The van der Waals surface area contributed by atoms with Crippen LogP contribution in [-0.4, -0.2) is 15.2 Å². The van der Waals surface area contributed by atoms with E-state index in [1.165, 1.54) is 18.2 Å². The third-order valence-corrected chi connectivity index (χ3v) is 3.42. The molecule has 2 aromatic rings. The summed E-state index contributed by atoms with van der Waals surface area (Å²) in [4.78, 5) is 24.2. The van der Waals surface area contributed by atoms with Gasteiger partial charge in [0.05, 0.1) is 0 Å². The summed E-state index contributed by atoms with van der Waals surface area (Å²) in [5, 5.41) is 6.13. The largest absolute Gasteiger partial charge is 0.342 e. The molecule has 0 atom stereocenters. The zero-order valence-corrected chi connectivity index (χ0v) is 10.4. The molecule has 5 nitrogen and oxygen atoms in total. The lowest BCUT2D eigenvalue weighted by Gasteiger charge is -2.02. The van der Waals surface area contributed by atoms with E-state index in [0.717, 1.165) is 11.8 Å². The number of aromatic amines is 2. The van der Waals surface area contributed by atoms with E-state index in [9.17, 15) is 14.0 Å². The molecule has 0 aliphatic rings. The second kappa shape index (κ2) is 5.36. The Kier molecular flexibility index (Phi) is 3.83. The van der Waals surface area contributed by atoms with Crippen molar-refractivity contribution in [2.75, 3.05) is 0 Å². The fourth-order valence-electron chi connectivity index (χ4n) is 1.22. The lowest BCUT2D eigenvalue weighted by atomic mass is 10.2. The highest BCUT2D eigenvalue weighted by atomic mass is 35.5. The van der Waals surface area contributed by atoms with Crippen LogP contribution < -0.4 is 11.2 Å². The van der Waals surface area contributed by atoms with Crippen LogP contribution >= 0.6 is 23.4 Å². The Morgan fingerprint density at radius 1 is 1.39 bits per heavy atom. The van der Waals surface area contributed by atoms with Crippen molar-refractivity contribution in [1.82, 2.24) is 15.2 Å². The van der Waals surface area contributed by atoms with Crippen molar-refractivity contribution in [3.8, 4) is 0 Å². The first-order chi connectivity index (χ1) is 8.56. The molecule has 1 heterocycles. The van der Waals surface area contributed by atoms with E-state index in [1.54, 1.807) is 0 Å². The molecule has 0 radical (unpaired) electrons. The third kappa shape index (κ3) is 2.99. The van der Waals surface area contributed by atoms with E-state index in [2.05, 4.69) is 15.2 Å². The van der Waals surface area contributed by atoms with Crippen molar-refractivity contribution in [3.63, 3.8) is 0 Å². The quantitative estimate of drug-likeness (QED) is 0.840. The van der Waals surface area contributed by atoms with Crippen LogP contribution in [0.1, 0.15) is 5.56 Å². The summed E-state index contributed by atoms with van der Waals surface area (Å²) < 4.78 is 12.8. The smallest absolute Gasteiger partial charge is 0.271 e. The van der Waals surface area contributed by atoms with Crippen LogP contribution in [0, 0.1) is 5.82 Å².